The highest BCUT2D eigenvalue weighted by Gasteiger charge is 2.16. The second-order valence-electron chi connectivity index (χ2n) is 6.07. The summed E-state index contributed by atoms with van der Waals surface area (Å²) in [5, 5.41) is 6.29. The molecule has 1 aromatic heterocycles. The van der Waals surface area contributed by atoms with Crippen molar-refractivity contribution >= 4 is 34.1 Å². The Morgan fingerprint density at radius 2 is 1.55 bits per heavy atom. The molecule has 3 rings (SSSR count). The van der Waals surface area contributed by atoms with E-state index in [4.69, 9.17) is 14.2 Å². The van der Waals surface area contributed by atoms with Gasteiger partial charge in [-0.3, -0.25) is 14.6 Å². The van der Waals surface area contributed by atoms with Crippen molar-refractivity contribution in [3.8, 4) is 17.2 Å². The Hall–Kier alpha value is -3.81. The number of para-hydroxylation sites is 1. The first-order chi connectivity index (χ1) is 14.0. The van der Waals surface area contributed by atoms with Gasteiger partial charge in [-0.05, 0) is 12.1 Å². The van der Waals surface area contributed by atoms with E-state index < -0.39 is 11.8 Å². The number of methoxy groups -OCH3 is 3. The normalized spacial score (nSPS) is 10.3. The van der Waals surface area contributed by atoms with Crippen LogP contribution < -0.4 is 24.8 Å². The lowest BCUT2D eigenvalue weighted by molar-refractivity contribution is -0.123. The number of benzene rings is 2. The summed E-state index contributed by atoms with van der Waals surface area (Å²) in [5.74, 6) is 0.272. The van der Waals surface area contributed by atoms with Crippen LogP contribution in [0.1, 0.15) is 6.42 Å². The van der Waals surface area contributed by atoms with Gasteiger partial charge in [-0.15, -0.1) is 0 Å². The van der Waals surface area contributed by atoms with Gasteiger partial charge in [-0.2, -0.15) is 0 Å². The molecule has 0 fully saturated rings. The first kappa shape index (κ1) is 19.9. The quantitative estimate of drug-likeness (QED) is 0.596. The van der Waals surface area contributed by atoms with Gasteiger partial charge in [0, 0.05) is 29.4 Å². The molecule has 29 heavy (non-hydrogen) atoms. The number of hydrogen-bond donors (Lipinski definition) is 2. The number of nitrogens with one attached hydrogen (secondary N) is 2. The summed E-state index contributed by atoms with van der Waals surface area (Å²) in [7, 11) is 4.45. The molecular formula is C21H21N3O5. The van der Waals surface area contributed by atoms with Crippen molar-refractivity contribution in [3.05, 3.63) is 48.7 Å². The molecule has 0 aliphatic rings. The average Bonchev–Trinajstić information content (AvgIpc) is 2.73. The minimum absolute atomic E-state index is 0.361. The molecule has 3 aromatic rings. The van der Waals surface area contributed by atoms with Gasteiger partial charge < -0.3 is 24.8 Å². The fraction of sp³-hybridized carbons (Fsp3) is 0.190. The Kier molecular flexibility index (Phi) is 6.13. The van der Waals surface area contributed by atoms with Gasteiger partial charge in [0.1, 0.15) is 6.42 Å². The van der Waals surface area contributed by atoms with Crippen LogP contribution in [0.2, 0.25) is 0 Å². The molecule has 0 bridgehead atoms. The van der Waals surface area contributed by atoms with Crippen LogP contribution in [0.15, 0.2) is 48.7 Å². The average molecular weight is 395 g/mol. The van der Waals surface area contributed by atoms with Crippen molar-refractivity contribution in [2.75, 3.05) is 32.0 Å². The van der Waals surface area contributed by atoms with Crippen LogP contribution in [0.3, 0.4) is 0 Å². The number of anilines is 2. The predicted octanol–water partition coefficient (Wildman–Crippen LogP) is 3.23. The Balaban J connectivity index is 1.70. The fourth-order valence-corrected chi connectivity index (χ4v) is 2.90. The highest BCUT2D eigenvalue weighted by atomic mass is 16.5. The zero-order chi connectivity index (χ0) is 20.8. The van der Waals surface area contributed by atoms with Crippen LogP contribution in [0.4, 0.5) is 11.4 Å². The Labute approximate surface area is 167 Å². The van der Waals surface area contributed by atoms with Crippen LogP contribution >= 0.6 is 0 Å². The fourth-order valence-electron chi connectivity index (χ4n) is 2.90. The smallest absolute Gasteiger partial charge is 0.233 e. The molecule has 0 unspecified atom stereocenters. The summed E-state index contributed by atoms with van der Waals surface area (Å²) in [6.45, 7) is 0. The second-order valence-corrected chi connectivity index (χ2v) is 6.07. The minimum atomic E-state index is -0.482. The van der Waals surface area contributed by atoms with E-state index >= 15 is 0 Å². The number of amides is 2. The van der Waals surface area contributed by atoms with Crippen molar-refractivity contribution in [1.29, 1.82) is 0 Å². The number of hydrogen-bond acceptors (Lipinski definition) is 6. The van der Waals surface area contributed by atoms with E-state index in [-0.39, 0.29) is 6.42 Å². The van der Waals surface area contributed by atoms with Crippen molar-refractivity contribution in [2.45, 2.75) is 6.42 Å². The lowest BCUT2D eigenvalue weighted by Crippen LogP contribution is -2.21. The number of pyridine rings is 1. The summed E-state index contributed by atoms with van der Waals surface area (Å²) in [4.78, 5) is 28.9. The second kappa shape index (κ2) is 8.92. The van der Waals surface area contributed by atoms with E-state index in [1.54, 1.807) is 24.4 Å². The molecule has 8 heteroatoms. The number of nitrogens with zero attached hydrogens (tertiary/aromatic N) is 1. The van der Waals surface area contributed by atoms with Crippen molar-refractivity contribution in [2.24, 2.45) is 0 Å². The molecule has 1 heterocycles. The molecule has 0 saturated heterocycles. The molecule has 2 N–H and O–H groups in total. The van der Waals surface area contributed by atoms with Gasteiger partial charge in [0.2, 0.25) is 17.6 Å². The summed E-state index contributed by atoms with van der Waals surface area (Å²) >= 11 is 0. The third-order valence-electron chi connectivity index (χ3n) is 4.18. The van der Waals surface area contributed by atoms with Gasteiger partial charge in [0.25, 0.3) is 0 Å². The maximum Gasteiger partial charge on any atom is 0.233 e. The van der Waals surface area contributed by atoms with Gasteiger partial charge in [0.05, 0.1) is 32.5 Å². The number of carbonyl (C=O) groups is 2. The molecule has 0 radical (unpaired) electrons. The van der Waals surface area contributed by atoms with Gasteiger partial charge >= 0.3 is 0 Å². The third kappa shape index (κ3) is 4.55. The molecule has 150 valence electrons. The largest absolute Gasteiger partial charge is 0.493 e. The number of fused-ring (bicyclic) bond motifs is 1. The van der Waals surface area contributed by atoms with Crippen LogP contribution in [-0.2, 0) is 9.59 Å². The van der Waals surface area contributed by atoms with E-state index in [2.05, 4.69) is 15.6 Å². The topological polar surface area (TPSA) is 98.8 Å². The molecule has 0 spiro atoms. The molecule has 0 aliphatic carbocycles. The lowest BCUT2D eigenvalue weighted by Gasteiger charge is -2.14. The summed E-state index contributed by atoms with van der Waals surface area (Å²) in [6.07, 6.45) is 1.29. The van der Waals surface area contributed by atoms with Crippen LogP contribution in [0, 0.1) is 0 Å². The van der Waals surface area contributed by atoms with Crippen molar-refractivity contribution in [1.82, 2.24) is 4.98 Å². The molecule has 0 aliphatic heterocycles. The van der Waals surface area contributed by atoms with E-state index in [0.717, 1.165) is 5.39 Å². The maximum absolute atomic E-state index is 12.3. The lowest BCUT2D eigenvalue weighted by atomic mass is 10.2. The number of aromatic nitrogens is 1. The SMILES string of the molecule is COc1cc(NC(=O)CC(=O)Nc2cccc3cccnc23)cc(OC)c1OC. The Morgan fingerprint density at radius 1 is 0.897 bits per heavy atom. The van der Waals surface area contributed by atoms with Crippen LogP contribution in [-0.4, -0.2) is 38.1 Å². The summed E-state index contributed by atoms with van der Waals surface area (Å²) in [6, 6.07) is 12.3. The number of rotatable bonds is 7. The Morgan fingerprint density at radius 3 is 2.21 bits per heavy atom. The van der Waals surface area contributed by atoms with Crippen molar-refractivity contribution in [3.63, 3.8) is 0 Å². The maximum atomic E-state index is 12.3. The zero-order valence-electron chi connectivity index (χ0n) is 16.3. The Bertz CT molecular complexity index is 1020. The predicted molar refractivity (Wildman–Crippen MR) is 110 cm³/mol. The van der Waals surface area contributed by atoms with E-state index in [0.29, 0.717) is 34.1 Å². The highest BCUT2D eigenvalue weighted by Crippen LogP contribution is 2.39. The van der Waals surface area contributed by atoms with Crippen LogP contribution in [0.25, 0.3) is 10.9 Å². The summed E-state index contributed by atoms with van der Waals surface area (Å²) < 4.78 is 15.8. The van der Waals surface area contributed by atoms with E-state index in [9.17, 15) is 9.59 Å². The molecule has 2 aromatic carbocycles. The molecule has 2 amide bonds. The monoisotopic (exact) mass is 395 g/mol. The first-order valence-electron chi connectivity index (χ1n) is 8.79. The third-order valence-corrected chi connectivity index (χ3v) is 4.18. The van der Waals surface area contributed by atoms with Crippen LogP contribution in [0.5, 0.6) is 17.2 Å². The van der Waals surface area contributed by atoms with Gasteiger partial charge in [0.15, 0.2) is 11.5 Å². The van der Waals surface area contributed by atoms with Gasteiger partial charge in [-0.1, -0.05) is 18.2 Å². The molecule has 0 saturated carbocycles. The van der Waals surface area contributed by atoms with E-state index in [1.165, 1.54) is 21.3 Å². The highest BCUT2D eigenvalue weighted by molar-refractivity contribution is 6.10. The first-order valence-corrected chi connectivity index (χ1v) is 8.79. The number of ether oxygens (including phenoxy) is 3. The summed E-state index contributed by atoms with van der Waals surface area (Å²) in [5.41, 5.74) is 1.63. The minimum Gasteiger partial charge on any atom is -0.493 e. The molecule has 0 atom stereocenters. The molecule has 8 nitrogen and oxygen atoms in total. The van der Waals surface area contributed by atoms with E-state index in [1.807, 2.05) is 24.3 Å². The number of carbonyl (C=O) groups excluding carboxylic acids is 2. The van der Waals surface area contributed by atoms with Crippen molar-refractivity contribution < 1.29 is 23.8 Å². The standard InChI is InChI=1S/C21H21N3O5/c1-27-16-10-14(11-17(28-2)21(16)29-3)23-18(25)12-19(26)24-15-8-4-6-13-7-5-9-22-20(13)15/h4-11H,12H2,1-3H3,(H,23,25)(H,24,26). The van der Waals surface area contributed by atoms with Gasteiger partial charge in [-0.25, -0.2) is 0 Å². The molecular weight excluding hydrogens is 374 g/mol. The zero-order valence-corrected chi connectivity index (χ0v) is 16.3.